The van der Waals surface area contributed by atoms with E-state index in [0.29, 0.717) is 6.61 Å². The summed E-state index contributed by atoms with van der Waals surface area (Å²) in [5.41, 5.74) is 1.18. The third-order valence-electron chi connectivity index (χ3n) is 2.36. The smallest absolute Gasteiger partial charge is 0.191 e. The first kappa shape index (κ1) is 14.5. The molecule has 0 saturated heterocycles. The van der Waals surface area contributed by atoms with E-state index in [1.54, 1.807) is 7.05 Å². The monoisotopic (exact) mass is 253 g/mol. The van der Waals surface area contributed by atoms with E-state index in [1.807, 2.05) is 30.9 Å². The topological polar surface area (TPSA) is 63.5 Å². The van der Waals surface area contributed by atoms with Crippen molar-refractivity contribution in [3.8, 4) is 0 Å². The first-order valence-electron chi connectivity index (χ1n) is 6.27. The van der Waals surface area contributed by atoms with Crippen LogP contribution in [0, 0.1) is 6.92 Å². The highest BCUT2D eigenvalue weighted by atomic mass is 16.5. The normalized spacial score (nSPS) is 11.6. The van der Waals surface area contributed by atoms with Gasteiger partial charge in [-0.2, -0.15) is 5.10 Å². The fraction of sp³-hybridized carbons (Fsp3) is 0.667. The molecule has 6 heteroatoms. The van der Waals surface area contributed by atoms with Gasteiger partial charge in [-0.25, -0.2) is 0 Å². The Kier molecular flexibility index (Phi) is 6.86. The summed E-state index contributed by atoms with van der Waals surface area (Å²) in [6.07, 6.45) is 3.88. The number of hydrogen-bond donors (Lipinski definition) is 2. The summed E-state index contributed by atoms with van der Waals surface area (Å²) >= 11 is 0. The fourth-order valence-electron chi connectivity index (χ4n) is 1.48. The summed E-state index contributed by atoms with van der Waals surface area (Å²) < 4.78 is 7.16. The van der Waals surface area contributed by atoms with E-state index in [1.165, 1.54) is 5.56 Å². The Morgan fingerprint density at radius 2 is 2.22 bits per heavy atom. The molecule has 2 N–H and O–H groups in total. The maximum absolute atomic E-state index is 5.25. The van der Waals surface area contributed by atoms with Crippen LogP contribution >= 0.6 is 0 Å². The van der Waals surface area contributed by atoms with Crippen molar-refractivity contribution in [3.05, 3.63) is 18.0 Å². The third-order valence-corrected chi connectivity index (χ3v) is 2.36. The Bertz CT molecular complexity index is 361. The fourth-order valence-corrected chi connectivity index (χ4v) is 1.48. The van der Waals surface area contributed by atoms with E-state index >= 15 is 0 Å². The second-order valence-electron chi connectivity index (χ2n) is 3.90. The lowest BCUT2D eigenvalue weighted by Gasteiger charge is -2.11. The van der Waals surface area contributed by atoms with Crippen LogP contribution in [0.25, 0.3) is 0 Å². The van der Waals surface area contributed by atoms with Crippen molar-refractivity contribution >= 4 is 5.96 Å². The zero-order chi connectivity index (χ0) is 13.2. The highest BCUT2D eigenvalue weighted by Crippen LogP contribution is 1.92. The molecule has 0 atom stereocenters. The van der Waals surface area contributed by atoms with E-state index in [0.717, 1.165) is 32.2 Å². The number of hydrogen-bond acceptors (Lipinski definition) is 3. The van der Waals surface area contributed by atoms with Gasteiger partial charge in [0.05, 0.1) is 19.3 Å². The summed E-state index contributed by atoms with van der Waals surface area (Å²) in [5.74, 6) is 0.790. The zero-order valence-corrected chi connectivity index (χ0v) is 11.4. The zero-order valence-electron chi connectivity index (χ0n) is 11.4. The van der Waals surface area contributed by atoms with Gasteiger partial charge in [0, 0.05) is 32.9 Å². The predicted octanol–water partition coefficient (Wildman–Crippen LogP) is 0.393. The molecule has 1 aromatic heterocycles. The highest BCUT2D eigenvalue weighted by molar-refractivity contribution is 5.79. The number of ether oxygens (including phenoxy) is 1. The molecule has 0 spiro atoms. The molecule has 0 aliphatic heterocycles. The molecular weight excluding hydrogens is 230 g/mol. The number of aryl methyl sites for hydroxylation is 1. The number of aromatic nitrogens is 2. The van der Waals surface area contributed by atoms with Crippen molar-refractivity contribution in [3.63, 3.8) is 0 Å². The highest BCUT2D eigenvalue weighted by Gasteiger charge is 1.97. The molecule has 0 amide bonds. The van der Waals surface area contributed by atoms with Gasteiger partial charge in [-0.05, 0) is 19.4 Å². The minimum atomic E-state index is 0.690. The van der Waals surface area contributed by atoms with E-state index in [2.05, 4.69) is 20.7 Å². The van der Waals surface area contributed by atoms with Gasteiger partial charge in [0.15, 0.2) is 5.96 Å². The molecule has 1 rings (SSSR count). The van der Waals surface area contributed by atoms with Crippen LogP contribution in [0.5, 0.6) is 0 Å². The maximum atomic E-state index is 5.25. The lowest BCUT2D eigenvalue weighted by atomic mass is 10.4. The van der Waals surface area contributed by atoms with Gasteiger partial charge in [0.1, 0.15) is 0 Å². The minimum absolute atomic E-state index is 0.690. The molecule has 0 bridgehead atoms. The van der Waals surface area contributed by atoms with Crippen LogP contribution in [0.4, 0.5) is 0 Å². The van der Waals surface area contributed by atoms with Gasteiger partial charge in [0.2, 0.25) is 0 Å². The summed E-state index contributed by atoms with van der Waals surface area (Å²) in [7, 11) is 1.76. The SMILES string of the molecule is CCOCCNC(=NC)NCCn1cc(C)cn1. The molecular formula is C12H23N5O. The van der Waals surface area contributed by atoms with Gasteiger partial charge in [-0.3, -0.25) is 9.67 Å². The number of guanidine groups is 1. The second-order valence-corrected chi connectivity index (χ2v) is 3.90. The Morgan fingerprint density at radius 1 is 1.44 bits per heavy atom. The van der Waals surface area contributed by atoms with Gasteiger partial charge in [-0.15, -0.1) is 0 Å². The third kappa shape index (κ3) is 5.67. The summed E-state index contributed by atoms with van der Waals surface area (Å²) in [5, 5.41) is 10.6. The Balaban J connectivity index is 2.15. The van der Waals surface area contributed by atoms with Crippen LogP contribution in [0.3, 0.4) is 0 Å². The van der Waals surface area contributed by atoms with Crippen LogP contribution in [-0.4, -0.2) is 49.1 Å². The van der Waals surface area contributed by atoms with Gasteiger partial charge in [-0.1, -0.05) is 0 Å². The molecule has 0 aromatic carbocycles. The first-order valence-corrected chi connectivity index (χ1v) is 6.27. The molecule has 0 radical (unpaired) electrons. The summed E-state index contributed by atoms with van der Waals surface area (Å²) in [6.45, 7) is 7.82. The molecule has 18 heavy (non-hydrogen) atoms. The Hall–Kier alpha value is -1.56. The summed E-state index contributed by atoms with van der Waals surface area (Å²) in [4.78, 5) is 4.13. The lowest BCUT2D eigenvalue weighted by molar-refractivity contribution is 0.152. The van der Waals surface area contributed by atoms with Crippen molar-refractivity contribution in [2.75, 3.05) is 33.4 Å². The van der Waals surface area contributed by atoms with Crippen LogP contribution in [0.15, 0.2) is 17.4 Å². The average Bonchev–Trinajstić information content (AvgIpc) is 2.78. The van der Waals surface area contributed by atoms with Crippen molar-refractivity contribution < 1.29 is 4.74 Å². The number of nitrogens with zero attached hydrogens (tertiary/aromatic N) is 3. The van der Waals surface area contributed by atoms with Crippen molar-refractivity contribution in [2.24, 2.45) is 4.99 Å². The number of rotatable bonds is 7. The van der Waals surface area contributed by atoms with Crippen LogP contribution in [-0.2, 0) is 11.3 Å². The molecule has 0 aliphatic carbocycles. The van der Waals surface area contributed by atoms with Gasteiger partial charge < -0.3 is 15.4 Å². The molecule has 1 aromatic rings. The van der Waals surface area contributed by atoms with Crippen LogP contribution in [0.1, 0.15) is 12.5 Å². The van der Waals surface area contributed by atoms with Crippen LogP contribution in [0.2, 0.25) is 0 Å². The molecule has 1 heterocycles. The van der Waals surface area contributed by atoms with Gasteiger partial charge >= 0.3 is 0 Å². The Labute approximate surface area is 108 Å². The van der Waals surface area contributed by atoms with Crippen molar-refractivity contribution in [1.82, 2.24) is 20.4 Å². The van der Waals surface area contributed by atoms with Crippen molar-refractivity contribution in [2.45, 2.75) is 20.4 Å². The Morgan fingerprint density at radius 3 is 2.83 bits per heavy atom. The maximum Gasteiger partial charge on any atom is 0.191 e. The molecule has 0 aliphatic rings. The second kappa shape index (κ2) is 8.52. The molecule has 0 saturated carbocycles. The van der Waals surface area contributed by atoms with E-state index in [4.69, 9.17) is 4.74 Å². The standard InChI is InChI=1S/C12H23N5O/c1-4-18-8-6-15-12(13-3)14-5-7-17-10-11(2)9-16-17/h9-10H,4-8H2,1-3H3,(H2,13,14,15). The van der Waals surface area contributed by atoms with E-state index < -0.39 is 0 Å². The number of aliphatic imine (C=N–C) groups is 1. The molecule has 0 fully saturated rings. The number of nitrogens with one attached hydrogen (secondary N) is 2. The van der Waals surface area contributed by atoms with Gasteiger partial charge in [0.25, 0.3) is 0 Å². The molecule has 0 unspecified atom stereocenters. The quantitative estimate of drug-likeness (QED) is 0.419. The molecule has 6 nitrogen and oxygen atoms in total. The molecule has 102 valence electrons. The minimum Gasteiger partial charge on any atom is -0.380 e. The first-order chi connectivity index (χ1) is 8.76. The predicted molar refractivity (Wildman–Crippen MR) is 72.8 cm³/mol. The summed E-state index contributed by atoms with van der Waals surface area (Å²) in [6, 6.07) is 0. The largest absolute Gasteiger partial charge is 0.380 e. The van der Waals surface area contributed by atoms with E-state index in [-0.39, 0.29) is 0 Å². The van der Waals surface area contributed by atoms with E-state index in [9.17, 15) is 0 Å². The van der Waals surface area contributed by atoms with Crippen molar-refractivity contribution in [1.29, 1.82) is 0 Å². The average molecular weight is 253 g/mol. The lowest BCUT2D eigenvalue weighted by Crippen LogP contribution is -2.40. The van der Waals surface area contributed by atoms with Crippen LogP contribution < -0.4 is 10.6 Å².